The van der Waals surface area contributed by atoms with Gasteiger partial charge in [0.25, 0.3) is 0 Å². The Balaban J connectivity index is 5.28. The maximum atomic E-state index is 13.0. The Labute approximate surface area is 522 Å². The predicted molar refractivity (Wildman–Crippen MR) is 344 cm³/mol. The minimum absolute atomic E-state index is 0.0841. The molecule has 0 aliphatic heterocycles. The summed E-state index contributed by atoms with van der Waals surface area (Å²) in [6.07, 6.45) is 45.4. The van der Waals surface area contributed by atoms with E-state index < -0.39 is 97.5 Å². The number of esters is 4. The van der Waals surface area contributed by atoms with Crippen molar-refractivity contribution in [3.8, 4) is 0 Å². The molecule has 0 spiro atoms. The highest BCUT2D eigenvalue weighted by Crippen LogP contribution is 2.45. The van der Waals surface area contributed by atoms with E-state index in [2.05, 4.69) is 65.8 Å². The summed E-state index contributed by atoms with van der Waals surface area (Å²) in [4.78, 5) is 72.3. The van der Waals surface area contributed by atoms with Crippen LogP contribution in [-0.2, 0) is 65.4 Å². The Morgan fingerprint density at radius 3 is 0.953 bits per heavy atom. The molecular formula is C67H126O17P2. The lowest BCUT2D eigenvalue weighted by Gasteiger charge is -2.21. The van der Waals surface area contributed by atoms with Crippen molar-refractivity contribution >= 4 is 39.5 Å². The Bertz CT molecular complexity index is 1780. The minimum atomic E-state index is -4.96. The molecule has 17 nitrogen and oxygen atoms in total. The van der Waals surface area contributed by atoms with Gasteiger partial charge in [0.05, 0.1) is 26.4 Å². The fourth-order valence-electron chi connectivity index (χ4n) is 9.52. The smallest absolute Gasteiger partial charge is 0.462 e. The van der Waals surface area contributed by atoms with Gasteiger partial charge in [-0.25, -0.2) is 9.13 Å². The van der Waals surface area contributed by atoms with Crippen LogP contribution in [0.1, 0.15) is 311 Å². The third kappa shape index (κ3) is 60.5. The SMILES string of the molecule is CCCCCC/C=C\C=C/CCCCCCCC(=O)O[C@H](COC(=O)CCCCCCCCCCC(C)C)COP(=O)(O)OC[C@@H](O)COP(=O)(O)OC[C@@H](COC(=O)CCCCCCCCC(C)C)OC(=O)CCCCCCCCCCCCC. The van der Waals surface area contributed by atoms with Crippen LogP contribution in [0.3, 0.4) is 0 Å². The van der Waals surface area contributed by atoms with Crippen molar-refractivity contribution in [1.29, 1.82) is 0 Å². The summed E-state index contributed by atoms with van der Waals surface area (Å²) in [6.45, 7) is 9.33. The van der Waals surface area contributed by atoms with Crippen molar-refractivity contribution in [2.45, 2.75) is 330 Å². The summed E-state index contributed by atoms with van der Waals surface area (Å²) < 4.78 is 68.0. The molecule has 0 aromatic heterocycles. The van der Waals surface area contributed by atoms with E-state index in [1.165, 1.54) is 103 Å². The second kappa shape index (κ2) is 58.9. The van der Waals surface area contributed by atoms with Gasteiger partial charge >= 0.3 is 39.5 Å². The van der Waals surface area contributed by atoms with Gasteiger partial charge in [-0.2, -0.15) is 0 Å². The third-order valence-electron chi connectivity index (χ3n) is 14.8. The summed E-state index contributed by atoms with van der Waals surface area (Å²) in [5.74, 6) is -0.761. The summed E-state index contributed by atoms with van der Waals surface area (Å²) in [5, 5.41) is 10.5. The zero-order valence-corrected chi connectivity index (χ0v) is 56.9. The predicted octanol–water partition coefficient (Wildman–Crippen LogP) is 18.4. The molecule has 0 amide bonds. The molecular weight excluding hydrogens is 1140 g/mol. The van der Waals surface area contributed by atoms with Crippen molar-refractivity contribution in [3.05, 3.63) is 24.3 Å². The average molecular weight is 1270 g/mol. The Hall–Kier alpha value is -2.46. The first-order valence-electron chi connectivity index (χ1n) is 34.3. The van der Waals surface area contributed by atoms with E-state index in [0.29, 0.717) is 31.6 Å². The number of allylic oxidation sites excluding steroid dienone is 4. The lowest BCUT2D eigenvalue weighted by atomic mass is 10.0. The average Bonchev–Trinajstić information content (AvgIpc) is 3.61. The number of unbranched alkanes of at least 4 members (excludes halogenated alkanes) is 31. The molecule has 0 saturated heterocycles. The first-order chi connectivity index (χ1) is 41.4. The van der Waals surface area contributed by atoms with Crippen molar-refractivity contribution in [3.63, 3.8) is 0 Å². The number of aliphatic hydroxyl groups is 1. The zero-order valence-electron chi connectivity index (χ0n) is 55.1. The highest BCUT2D eigenvalue weighted by molar-refractivity contribution is 7.47. The van der Waals surface area contributed by atoms with E-state index in [1.54, 1.807) is 0 Å². The molecule has 0 rings (SSSR count). The number of carbonyl (C=O) groups is 4. The Morgan fingerprint density at radius 1 is 0.360 bits per heavy atom. The molecule has 0 aromatic rings. The van der Waals surface area contributed by atoms with Crippen LogP contribution in [0.15, 0.2) is 24.3 Å². The molecule has 506 valence electrons. The highest BCUT2D eigenvalue weighted by Gasteiger charge is 2.30. The van der Waals surface area contributed by atoms with Gasteiger partial charge in [-0.15, -0.1) is 0 Å². The fourth-order valence-corrected chi connectivity index (χ4v) is 11.1. The number of hydrogen-bond donors (Lipinski definition) is 3. The van der Waals surface area contributed by atoms with Crippen LogP contribution in [0, 0.1) is 11.8 Å². The maximum Gasteiger partial charge on any atom is 0.472 e. The molecule has 0 aliphatic rings. The molecule has 0 bridgehead atoms. The molecule has 3 N–H and O–H groups in total. The van der Waals surface area contributed by atoms with E-state index in [4.69, 9.17) is 37.0 Å². The number of rotatable bonds is 64. The minimum Gasteiger partial charge on any atom is -0.462 e. The quantitative estimate of drug-likeness (QED) is 0.0169. The Kier molecular flexibility index (Phi) is 57.2. The van der Waals surface area contributed by atoms with Crippen LogP contribution in [0.4, 0.5) is 0 Å². The van der Waals surface area contributed by atoms with Gasteiger partial charge < -0.3 is 33.8 Å². The molecule has 5 atom stereocenters. The molecule has 0 radical (unpaired) electrons. The van der Waals surface area contributed by atoms with Gasteiger partial charge in [-0.1, -0.05) is 258 Å². The molecule has 0 saturated carbocycles. The normalized spacial score (nSPS) is 14.4. The fraction of sp³-hybridized carbons (Fsp3) is 0.881. The standard InChI is InChI=1S/C67H126O17P2/c1-7-9-11-13-15-17-19-20-21-22-24-26-32-40-46-52-67(72)83-62(55-77-64(69)49-43-37-30-28-27-29-35-41-47-59(3)4)57-81-85(73,74)79-53-61(68)54-80-86(75,76)82-58-63(56-78-65(70)50-44-38-34-33-36-42-48-60(5)6)84-66(71)51-45-39-31-25-23-18-16-14-12-10-8-2/h17,19-21,59-63,68H,7-16,18,22-58H2,1-6H3,(H,73,74)(H,75,76)/b19-17-,21-20-/t61-,62-,63-/m1/s1. The topological polar surface area (TPSA) is 237 Å². The Morgan fingerprint density at radius 2 is 0.628 bits per heavy atom. The van der Waals surface area contributed by atoms with Gasteiger partial charge in [0.2, 0.25) is 0 Å². The molecule has 86 heavy (non-hydrogen) atoms. The molecule has 2 unspecified atom stereocenters. The van der Waals surface area contributed by atoms with E-state index in [9.17, 15) is 43.2 Å². The lowest BCUT2D eigenvalue weighted by Crippen LogP contribution is -2.30. The molecule has 0 fully saturated rings. The number of hydrogen-bond acceptors (Lipinski definition) is 15. The van der Waals surface area contributed by atoms with Gasteiger partial charge in [0.1, 0.15) is 19.3 Å². The second-order valence-electron chi connectivity index (χ2n) is 24.5. The van der Waals surface area contributed by atoms with Crippen LogP contribution >= 0.6 is 15.6 Å². The maximum absolute atomic E-state index is 13.0. The van der Waals surface area contributed by atoms with Gasteiger partial charge in [-0.05, 0) is 63.2 Å². The first-order valence-corrected chi connectivity index (χ1v) is 37.3. The molecule has 0 heterocycles. The van der Waals surface area contributed by atoms with Gasteiger partial charge in [0, 0.05) is 25.7 Å². The monoisotopic (exact) mass is 1260 g/mol. The second-order valence-corrected chi connectivity index (χ2v) is 27.4. The molecule has 0 aromatic carbocycles. The number of ether oxygens (including phenoxy) is 4. The summed E-state index contributed by atoms with van der Waals surface area (Å²) >= 11 is 0. The number of carbonyl (C=O) groups excluding carboxylic acids is 4. The van der Waals surface area contributed by atoms with Crippen molar-refractivity contribution in [2.24, 2.45) is 11.8 Å². The summed E-state index contributed by atoms with van der Waals surface area (Å²) in [7, 11) is -9.90. The van der Waals surface area contributed by atoms with Crippen molar-refractivity contribution < 1.29 is 80.2 Å². The van der Waals surface area contributed by atoms with Gasteiger partial charge in [-0.3, -0.25) is 37.3 Å². The van der Waals surface area contributed by atoms with Crippen LogP contribution < -0.4 is 0 Å². The number of aliphatic hydroxyl groups excluding tert-OH is 1. The zero-order chi connectivity index (χ0) is 63.6. The molecule has 19 heteroatoms. The number of phosphoric ester groups is 2. The van der Waals surface area contributed by atoms with Crippen LogP contribution in [0.25, 0.3) is 0 Å². The number of phosphoric acid groups is 2. The van der Waals surface area contributed by atoms with E-state index in [-0.39, 0.29) is 25.7 Å². The van der Waals surface area contributed by atoms with Gasteiger partial charge in [0.15, 0.2) is 12.2 Å². The van der Waals surface area contributed by atoms with Crippen molar-refractivity contribution in [2.75, 3.05) is 39.6 Å². The summed E-state index contributed by atoms with van der Waals surface area (Å²) in [5.41, 5.74) is 0. The van der Waals surface area contributed by atoms with E-state index in [0.717, 1.165) is 121 Å². The first kappa shape index (κ1) is 83.5. The van der Waals surface area contributed by atoms with Crippen molar-refractivity contribution in [1.82, 2.24) is 0 Å². The molecule has 0 aliphatic carbocycles. The third-order valence-corrected chi connectivity index (χ3v) is 16.7. The lowest BCUT2D eigenvalue weighted by molar-refractivity contribution is -0.161. The van der Waals surface area contributed by atoms with Crippen LogP contribution in [0.5, 0.6) is 0 Å². The largest absolute Gasteiger partial charge is 0.472 e. The summed E-state index contributed by atoms with van der Waals surface area (Å²) in [6, 6.07) is 0. The van der Waals surface area contributed by atoms with E-state index in [1.807, 2.05) is 0 Å². The van der Waals surface area contributed by atoms with E-state index >= 15 is 0 Å². The van der Waals surface area contributed by atoms with Crippen LogP contribution in [-0.4, -0.2) is 96.7 Å². The highest BCUT2D eigenvalue weighted by atomic mass is 31.2. The van der Waals surface area contributed by atoms with Crippen LogP contribution in [0.2, 0.25) is 0 Å².